The van der Waals surface area contributed by atoms with Crippen molar-refractivity contribution in [1.82, 2.24) is 4.98 Å². The van der Waals surface area contributed by atoms with Crippen molar-refractivity contribution in [3.63, 3.8) is 0 Å². The standard InChI is InChI=1S/C27H21F4N3O2/c1-16-6-3-4-9-23(16)33-25-24(13-19(15-32-25)17-7-5-8-22(12-17)36-2)34-26(35)18-10-20(27(29,30)31)14-21(28)11-18/h3-15H,1-2H3,(H,32,33)(H,34,35). The maximum Gasteiger partial charge on any atom is 0.416 e. The Balaban J connectivity index is 1.75. The van der Waals surface area contributed by atoms with E-state index in [1.54, 1.807) is 30.5 Å². The first kappa shape index (κ1) is 24.7. The number of ether oxygens (including phenoxy) is 1. The summed E-state index contributed by atoms with van der Waals surface area (Å²) in [4.78, 5) is 17.4. The molecule has 4 aromatic rings. The Kier molecular flexibility index (Phi) is 6.91. The zero-order chi connectivity index (χ0) is 25.9. The topological polar surface area (TPSA) is 63.2 Å². The SMILES string of the molecule is COc1cccc(-c2cnc(Nc3ccccc3C)c(NC(=O)c3cc(F)cc(C(F)(F)F)c3)c2)c1. The fraction of sp³-hybridized carbons (Fsp3) is 0.111. The van der Waals surface area contributed by atoms with Crippen molar-refractivity contribution in [2.45, 2.75) is 13.1 Å². The summed E-state index contributed by atoms with van der Waals surface area (Å²) in [5.41, 5.74) is 1.46. The maximum absolute atomic E-state index is 13.9. The summed E-state index contributed by atoms with van der Waals surface area (Å²) in [6.07, 6.45) is -3.21. The minimum atomic E-state index is -4.80. The lowest BCUT2D eigenvalue weighted by molar-refractivity contribution is -0.137. The fourth-order valence-corrected chi connectivity index (χ4v) is 3.54. The highest BCUT2D eigenvalue weighted by molar-refractivity contribution is 6.06. The highest BCUT2D eigenvalue weighted by atomic mass is 19.4. The van der Waals surface area contributed by atoms with Gasteiger partial charge in [0, 0.05) is 23.0 Å². The molecule has 0 aliphatic rings. The monoisotopic (exact) mass is 495 g/mol. The minimum absolute atomic E-state index is 0.196. The van der Waals surface area contributed by atoms with E-state index in [9.17, 15) is 22.4 Å². The third-order valence-electron chi connectivity index (χ3n) is 5.42. The van der Waals surface area contributed by atoms with E-state index in [-0.39, 0.29) is 11.5 Å². The van der Waals surface area contributed by atoms with E-state index >= 15 is 0 Å². The number of anilines is 3. The molecule has 1 amide bonds. The van der Waals surface area contributed by atoms with Crippen LogP contribution in [0.15, 0.2) is 79.0 Å². The van der Waals surface area contributed by atoms with Gasteiger partial charge in [-0.1, -0.05) is 30.3 Å². The van der Waals surface area contributed by atoms with Crippen LogP contribution < -0.4 is 15.4 Å². The number of rotatable bonds is 6. The summed E-state index contributed by atoms with van der Waals surface area (Å²) < 4.78 is 58.6. The zero-order valence-electron chi connectivity index (χ0n) is 19.3. The second kappa shape index (κ2) is 10.1. The van der Waals surface area contributed by atoms with Gasteiger partial charge in [-0.25, -0.2) is 9.37 Å². The van der Waals surface area contributed by atoms with Crippen molar-refractivity contribution in [1.29, 1.82) is 0 Å². The van der Waals surface area contributed by atoms with Gasteiger partial charge in [-0.05, 0) is 60.5 Å². The van der Waals surface area contributed by atoms with E-state index in [1.807, 2.05) is 37.3 Å². The number of methoxy groups -OCH3 is 1. The third-order valence-corrected chi connectivity index (χ3v) is 5.42. The van der Waals surface area contributed by atoms with E-state index < -0.39 is 29.0 Å². The number of pyridine rings is 1. The van der Waals surface area contributed by atoms with Gasteiger partial charge in [-0.15, -0.1) is 0 Å². The number of aromatic nitrogens is 1. The Bertz CT molecular complexity index is 1420. The van der Waals surface area contributed by atoms with Crippen molar-refractivity contribution < 1.29 is 27.1 Å². The lowest BCUT2D eigenvalue weighted by atomic mass is 10.1. The number of para-hydroxylation sites is 1. The zero-order valence-corrected chi connectivity index (χ0v) is 19.3. The predicted molar refractivity (Wildman–Crippen MR) is 130 cm³/mol. The van der Waals surface area contributed by atoms with E-state index in [0.29, 0.717) is 23.4 Å². The highest BCUT2D eigenvalue weighted by Crippen LogP contribution is 2.33. The van der Waals surface area contributed by atoms with Crippen molar-refractivity contribution in [2.75, 3.05) is 17.7 Å². The van der Waals surface area contributed by atoms with Crippen LogP contribution in [0.2, 0.25) is 0 Å². The molecule has 3 aromatic carbocycles. The molecule has 0 fully saturated rings. The molecule has 5 nitrogen and oxygen atoms in total. The number of nitrogens with zero attached hydrogens (tertiary/aromatic N) is 1. The minimum Gasteiger partial charge on any atom is -0.497 e. The number of hydrogen-bond acceptors (Lipinski definition) is 4. The van der Waals surface area contributed by atoms with Gasteiger partial charge in [0.25, 0.3) is 5.91 Å². The average molecular weight is 495 g/mol. The van der Waals surface area contributed by atoms with Crippen LogP contribution in [0.4, 0.5) is 34.8 Å². The summed E-state index contributed by atoms with van der Waals surface area (Å²) >= 11 is 0. The molecule has 2 N–H and O–H groups in total. The number of hydrogen-bond donors (Lipinski definition) is 2. The Hall–Kier alpha value is -4.40. The summed E-state index contributed by atoms with van der Waals surface area (Å²) in [7, 11) is 1.53. The molecule has 4 rings (SSSR count). The maximum atomic E-state index is 13.9. The van der Waals surface area contributed by atoms with Gasteiger partial charge in [0.15, 0.2) is 5.82 Å². The first-order chi connectivity index (χ1) is 17.1. The van der Waals surface area contributed by atoms with E-state index in [4.69, 9.17) is 4.74 Å². The molecule has 0 unspecified atom stereocenters. The number of benzene rings is 3. The van der Waals surface area contributed by atoms with Gasteiger partial charge < -0.3 is 15.4 Å². The van der Waals surface area contributed by atoms with Gasteiger partial charge in [0.2, 0.25) is 0 Å². The van der Waals surface area contributed by atoms with Crippen LogP contribution in [0.1, 0.15) is 21.5 Å². The molecular weight excluding hydrogens is 474 g/mol. The molecular formula is C27H21F4N3O2. The van der Waals surface area contributed by atoms with Crippen molar-refractivity contribution >= 4 is 23.1 Å². The Morgan fingerprint density at radius 2 is 1.69 bits per heavy atom. The number of aryl methyl sites for hydroxylation is 1. The van der Waals surface area contributed by atoms with Gasteiger partial charge in [-0.2, -0.15) is 13.2 Å². The Morgan fingerprint density at radius 3 is 2.42 bits per heavy atom. The van der Waals surface area contributed by atoms with E-state index in [2.05, 4.69) is 15.6 Å². The molecule has 0 bridgehead atoms. The van der Waals surface area contributed by atoms with Gasteiger partial charge in [-0.3, -0.25) is 4.79 Å². The quantitative estimate of drug-likeness (QED) is 0.277. The average Bonchev–Trinajstić information content (AvgIpc) is 2.85. The first-order valence-electron chi connectivity index (χ1n) is 10.8. The lowest BCUT2D eigenvalue weighted by Crippen LogP contribution is -2.16. The highest BCUT2D eigenvalue weighted by Gasteiger charge is 2.32. The van der Waals surface area contributed by atoms with E-state index in [1.165, 1.54) is 7.11 Å². The molecule has 184 valence electrons. The molecule has 1 aromatic heterocycles. The van der Waals surface area contributed by atoms with Gasteiger partial charge in [0.1, 0.15) is 11.6 Å². The summed E-state index contributed by atoms with van der Waals surface area (Å²) in [6.45, 7) is 1.89. The number of carbonyl (C=O) groups excluding carboxylic acids is 1. The number of amides is 1. The number of halogens is 4. The molecule has 36 heavy (non-hydrogen) atoms. The predicted octanol–water partition coefficient (Wildman–Crippen LogP) is 7.22. The number of nitrogens with one attached hydrogen (secondary N) is 2. The molecule has 9 heteroatoms. The van der Waals surface area contributed by atoms with Crippen LogP contribution in [0.5, 0.6) is 5.75 Å². The number of alkyl halides is 3. The summed E-state index contributed by atoms with van der Waals surface area (Å²) in [5, 5.41) is 5.72. The largest absolute Gasteiger partial charge is 0.497 e. The first-order valence-corrected chi connectivity index (χ1v) is 10.8. The summed E-state index contributed by atoms with van der Waals surface area (Å²) in [5.74, 6) is -1.22. The fourth-order valence-electron chi connectivity index (χ4n) is 3.54. The second-order valence-electron chi connectivity index (χ2n) is 7.97. The molecule has 1 heterocycles. The smallest absolute Gasteiger partial charge is 0.416 e. The molecule has 0 saturated carbocycles. The molecule has 0 aliphatic heterocycles. The molecule has 0 saturated heterocycles. The van der Waals surface area contributed by atoms with E-state index in [0.717, 1.165) is 22.9 Å². The Labute approximate surface area is 204 Å². The third kappa shape index (κ3) is 5.63. The molecule has 0 aliphatic carbocycles. The van der Waals surface area contributed by atoms with Crippen molar-refractivity contribution in [2.24, 2.45) is 0 Å². The Morgan fingerprint density at radius 1 is 0.917 bits per heavy atom. The van der Waals surface area contributed by atoms with Crippen molar-refractivity contribution in [3.05, 3.63) is 102 Å². The van der Waals surface area contributed by atoms with Crippen molar-refractivity contribution in [3.8, 4) is 16.9 Å². The van der Waals surface area contributed by atoms with Gasteiger partial charge in [0.05, 0.1) is 18.4 Å². The van der Waals surface area contributed by atoms with Crippen LogP contribution in [0, 0.1) is 12.7 Å². The molecule has 0 spiro atoms. The van der Waals surface area contributed by atoms with Crippen LogP contribution in [0.25, 0.3) is 11.1 Å². The summed E-state index contributed by atoms with van der Waals surface area (Å²) in [6, 6.07) is 17.9. The second-order valence-corrected chi connectivity index (χ2v) is 7.97. The normalized spacial score (nSPS) is 11.2. The van der Waals surface area contributed by atoms with Gasteiger partial charge >= 0.3 is 6.18 Å². The lowest BCUT2D eigenvalue weighted by Gasteiger charge is -2.16. The van der Waals surface area contributed by atoms with Crippen LogP contribution in [-0.2, 0) is 6.18 Å². The number of carbonyl (C=O) groups is 1. The van der Waals surface area contributed by atoms with Crippen LogP contribution >= 0.6 is 0 Å². The van der Waals surface area contributed by atoms with Crippen LogP contribution in [-0.4, -0.2) is 18.0 Å². The molecule has 0 atom stereocenters. The van der Waals surface area contributed by atoms with Crippen LogP contribution in [0.3, 0.4) is 0 Å². The molecule has 0 radical (unpaired) electrons.